The summed E-state index contributed by atoms with van der Waals surface area (Å²) in [6.45, 7) is 0.563. The number of hydrogen-bond donors (Lipinski definition) is 1. The maximum Gasteiger partial charge on any atom is 0.223 e. The predicted octanol–water partition coefficient (Wildman–Crippen LogP) is 4.40. The van der Waals surface area contributed by atoms with E-state index in [2.05, 4.69) is 9.97 Å². The van der Waals surface area contributed by atoms with Crippen LogP contribution < -0.4 is 0 Å². The molecule has 1 amide bonds. The topological polar surface area (TPSA) is 62.1 Å². The minimum Gasteiger partial charge on any atom is -0.458 e. The summed E-state index contributed by atoms with van der Waals surface area (Å²) in [4.78, 5) is 22.6. The third kappa shape index (κ3) is 3.20. The number of rotatable bonds is 4. The van der Waals surface area contributed by atoms with E-state index in [1.165, 1.54) is 6.07 Å². The molecule has 0 saturated heterocycles. The van der Waals surface area contributed by atoms with Gasteiger partial charge in [-0.2, -0.15) is 0 Å². The fourth-order valence-electron chi connectivity index (χ4n) is 4.05. The van der Waals surface area contributed by atoms with Crippen LogP contribution in [0.5, 0.6) is 0 Å². The lowest BCUT2D eigenvalue weighted by Crippen LogP contribution is -2.40. The van der Waals surface area contributed by atoms with Crippen molar-refractivity contribution in [1.29, 1.82) is 0 Å². The molecule has 5 rings (SSSR count). The van der Waals surface area contributed by atoms with Crippen molar-refractivity contribution in [1.82, 2.24) is 14.9 Å². The first-order valence-electron chi connectivity index (χ1n) is 9.74. The lowest BCUT2D eigenvalue weighted by Gasteiger charge is -2.33. The van der Waals surface area contributed by atoms with E-state index in [0.29, 0.717) is 42.5 Å². The molecule has 0 spiro atoms. The zero-order chi connectivity index (χ0) is 19.8. The Morgan fingerprint density at radius 3 is 2.90 bits per heavy atom. The molecular formula is C23H20FN3O2. The molecule has 2 aromatic heterocycles. The molecule has 0 fully saturated rings. The van der Waals surface area contributed by atoms with E-state index in [9.17, 15) is 9.18 Å². The molecule has 1 N–H and O–H groups in total. The van der Waals surface area contributed by atoms with Gasteiger partial charge in [-0.05, 0) is 30.2 Å². The number of carbonyl (C=O) groups is 1. The highest BCUT2D eigenvalue weighted by Gasteiger charge is 2.36. The van der Waals surface area contributed by atoms with Gasteiger partial charge in [-0.15, -0.1) is 0 Å². The second-order valence-electron chi connectivity index (χ2n) is 7.29. The zero-order valence-corrected chi connectivity index (χ0v) is 15.8. The first-order valence-corrected chi connectivity index (χ1v) is 9.74. The van der Waals surface area contributed by atoms with E-state index in [1.54, 1.807) is 24.5 Å². The van der Waals surface area contributed by atoms with E-state index < -0.39 is 6.04 Å². The number of aryl methyl sites for hydroxylation is 1. The Bertz CT molecular complexity index is 1170. The number of benzene rings is 2. The highest BCUT2D eigenvalue weighted by atomic mass is 19.1. The fourth-order valence-corrected chi connectivity index (χ4v) is 4.05. The van der Waals surface area contributed by atoms with E-state index in [4.69, 9.17) is 4.42 Å². The third-order valence-electron chi connectivity index (χ3n) is 5.51. The number of amides is 1. The average Bonchev–Trinajstić information content (AvgIpc) is 3.39. The van der Waals surface area contributed by atoms with Crippen molar-refractivity contribution in [3.63, 3.8) is 0 Å². The summed E-state index contributed by atoms with van der Waals surface area (Å²) in [5, 5.41) is 0.418. The summed E-state index contributed by atoms with van der Waals surface area (Å²) < 4.78 is 20.2. The van der Waals surface area contributed by atoms with Crippen molar-refractivity contribution in [3.8, 4) is 0 Å². The summed E-state index contributed by atoms with van der Waals surface area (Å²) in [5.74, 6) is 0.233. The lowest BCUT2D eigenvalue weighted by molar-refractivity contribution is -0.133. The molecule has 0 saturated carbocycles. The Balaban J connectivity index is 1.48. The maximum absolute atomic E-state index is 14.2. The number of H-pyrrole nitrogens is 1. The molecule has 0 bridgehead atoms. The van der Waals surface area contributed by atoms with Gasteiger partial charge in [0.2, 0.25) is 5.91 Å². The molecule has 1 aliphatic heterocycles. The van der Waals surface area contributed by atoms with E-state index >= 15 is 0 Å². The van der Waals surface area contributed by atoms with E-state index in [0.717, 1.165) is 17.0 Å². The van der Waals surface area contributed by atoms with Crippen LogP contribution in [-0.4, -0.2) is 27.3 Å². The second-order valence-corrected chi connectivity index (χ2v) is 7.29. The first kappa shape index (κ1) is 17.7. The van der Waals surface area contributed by atoms with Crippen LogP contribution in [-0.2, 0) is 17.6 Å². The van der Waals surface area contributed by atoms with Crippen LogP contribution >= 0.6 is 0 Å². The van der Waals surface area contributed by atoms with E-state index in [-0.39, 0.29) is 11.7 Å². The smallest absolute Gasteiger partial charge is 0.223 e. The zero-order valence-electron chi connectivity index (χ0n) is 15.8. The molecule has 4 aromatic rings. The molecule has 3 heterocycles. The van der Waals surface area contributed by atoms with Crippen LogP contribution in [0.3, 0.4) is 0 Å². The van der Waals surface area contributed by atoms with Gasteiger partial charge in [0.05, 0.1) is 17.4 Å². The normalized spacial score (nSPS) is 16.2. The SMILES string of the molecule is O=C(CCc1ccccc1)N1CCc2[nH]cnc2[C@H]1c1cc2c(F)cccc2o1. The Morgan fingerprint density at radius 1 is 1.21 bits per heavy atom. The van der Waals surface area contributed by atoms with Crippen molar-refractivity contribution in [2.75, 3.05) is 6.54 Å². The molecule has 2 aromatic carbocycles. The number of fused-ring (bicyclic) bond motifs is 2. The van der Waals surface area contributed by atoms with Gasteiger partial charge < -0.3 is 14.3 Å². The van der Waals surface area contributed by atoms with Crippen molar-refractivity contribution < 1.29 is 13.6 Å². The summed E-state index contributed by atoms with van der Waals surface area (Å²) in [7, 11) is 0. The molecule has 1 atom stereocenters. The number of imidazole rings is 1. The minimum absolute atomic E-state index is 0.0356. The summed E-state index contributed by atoms with van der Waals surface area (Å²) in [6.07, 6.45) is 3.41. The number of nitrogens with zero attached hydrogens (tertiary/aromatic N) is 2. The molecular weight excluding hydrogens is 369 g/mol. The number of hydrogen-bond acceptors (Lipinski definition) is 3. The molecule has 29 heavy (non-hydrogen) atoms. The Kier molecular flexibility index (Phi) is 4.39. The van der Waals surface area contributed by atoms with Crippen LogP contribution in [0.1, 0.15) is 35.2 Å². The quantitative estimate of drug-likeness (QED) is 0.563. The van der Waals surface area contributed by atoms with Gasteiger partial charge in [0.25, 0.3) is 0 Å². The van der Waals surface area contributed by atoms with Crippen molar-refractivity contribution in [2.24, 2.45) is 0 Å². The number of aromatic nitrogens is 2. The number of halogens is 1. The van der Waals surface area contributed by atoms with Gasteiger partial charge in [-0.25, -0.2) is 9.37 Å². The Morgan fingerprint density at radius 2 is 2.07 bits per heavy atom. The highest BCUT2D eigenvalue weighted by molar-refractivity contribution is 5.80. The summed E-state index contributed by atoms with van der Waals surface area (Å²) >= 11 is 0. The van der Waals surface area contributed by atoms with Crippen LogP contribution in [0, 0.1) is 5.82 Å². The molecule has 0 radical (unpaired) electrons. The van der Waals surface area contributed by atoms with Gasteiger partial charge in [-0.3, -0.25) is 4.79 Å². The largest absolute Gasteiger partial charge is 0.458 e. The highest BCUT2D eigenvalue weighted by Crippen LogP contribution is 2.37. The van der Waals surface area contributed by atoms with Gasteiger partial charge in [0.1, 0.15) is 23.2 Å². The Labute approximate surface area is 167 Å². The van der Waals surface area contributed by atoms with Gasteiger partial charge in [-0.1, -0.05) is 36.4 Å². The van der Waals surface area contributed by atoms with Gasteiger partial charge >= 0.3 is 0 Å². The molecule has 1 aliphatic rings. The number of aromatic amines is 1. The summed E-state index contributed by atoms with van der Waals surface area (Å²) in [6, 6.07) is 16.0. The number of furan rings is 1. The molecule has 6 heteroatoms. The van der Waals surface area contributed by atoms with E-state index in [1.807, 2.05) is 35.2 Å². The van der Waals surface area contributed by atoms with Crippen LogP contribution in [0.15, 0.2) is 65.3 Å². The lowest BCUT2D eigenvalue weighted by atomic mass is 9.99. The maximum atomic E-state index is 14.2. The average molecular weight is 389 g/mol. The van der Waals surface area contributed by atoms with Crippen LogP contribution in [0.2, 0.25) is 0 Å². The van der Waals surface area contributed by atoms with Crippen LogP contribution in [0.25, 0.3) is 11.0 Å². The predicted molar refractivity (Wildman–Crippen MR) is 107 cm³/mol. The van der Waals surface area contributed by atoms with Crippen molar-refractivity contribution >= 4 is 16.9 Å². The number of carbonyl (C=O) groups excluding carboxylic acids is 1. The Hall–Kier alpha value is -3.41. The summed E-state index contributed by atoms with van der Waals surface area (Å²) in [5.41, 5.74) is 3.35. The molecule has 0 unspecified atom stereocenters. The van der Waals surface area contributed by atoms with Crippen LogP contribution in [0.4, 0.5) is 4.39 Å². The molecule has 0 aliphatic carbocycles. The second kappa shape index (κ2) is 7.20. The monoisotopic (exact) mass is 389 g/mol. The molecule has 5 nitrogen and oxygen atoms in total. The van der Waals surface area contributed by atoms with Crippen molar-refractivity contribution in [2.45, 2.75) is 25.3 Å². The van der Waals surface area contributed by atoms with Crippen molar-refractivity contribution in [3.05, 3.63) is 89.5 Å². The third-order valence-corrected chi connectivity index (χ3v) is 5.51. The minimum atomic E-state index is -0.458. The molecule has 146 valence electrons. The number of nitrogens with one attached hydrogen (secondary N) is 1. The fraction of sp³-hybridized carbons (Fsp3) is 0.217. The van der Waals surface area contributed by atoms with Gasteiger partial charge in [0.15, 0.2) is 0 Å². The first-order chi connectivity index (χ1) is 14.2. The standard InChI is InChI=1S/C23H20FN3O2/c24-17-7-4-8-19-16(17)13-20(29-19)23-22-18(25-14-26-22)11-12-27(23)21(28)10-9-15-5-2-1-3-6-15/h1-8,13-14,23H,9-12H2,(H,25,26)/t23-/m1/s1. The van der Waals surface area contributed by atoms with Gasteiger partial charge in [0, 0.05) is 25.1 Å².